The van der Waals surface area contributed by atoms with Gasteiger partial charge in [-0.2, -0.15) is 0 Å². The van der Waals surface area contributed by atoms with E-state index in [0.29, 0.717) is 0 Å². The lowest BCUT2D eigenvalue weighted by Gasteiger charge is -2.40. The van der Waals surface area contributed by atoms with Crippen molar-refractivity contribution >= 4 is 5.91 Å². The lowest BCUT2D eigenvalue weighted by atomic mass is 9.97. The summed E-state index contributed by atoms with van der Waals surface area (Å²) >= 11 is 0. The van der Waals surface area contributed by atoms with E-state index in [1.54, 1.807) is 0 Å². The maximum absolute atomic E-state index is 11.9. The Hall–Kier alpha value is -1.52. The van der Waals surface area contributed by atoms with Gasteiger partial charge in [0.15, 0.2) is 6.29 Å². The molecule has 112 valence electrons. The highest BCUT2D eigenvalue weighted by molar-refractivity contribution is 5.95. The molecule has 2 rings (SSSR count). The van der Waals surface area contributed by atoms with E-state index in [1.807, 2.05) is 0 Å². The number of aliphatic hydroxyl groups is 4. The van der Waals surface area contributed by atoms with Crippen LogP contribution in [0.1, 0.15) is 16.1 Å². The van der Waals surface area contributed by atoms with E-state index in [0.717, 1.165) is 0 Å². The average molecular weight is 288 g/mol. The summed E-state index contributed by atoms with van der Waals surface area (Å²) in [5.41, 5.74) is 0.142. The summed E-state index contributed by atoms with van der Waals surface area (Å²) in [6, 6.07) is -1.24. The molecule has 1 fully saturated rings. The van der Waals surface area contributed by atoms with Gasteiger partial charge in [0.05, 0.1) is 12.8 Å². The van der Waals surface area contributed by atoms with Gasteiger partial charge in [-0.05, 0) is 6.92 Å². The number of aliphatic hydroxyl groups excluding tert-OH is 4. The van der Waals surface area contributed by atoms with Gasteiger partial charge in [-0.1, -0.05) is 5.16 Å². The number of nitrogens with zero attached hydrogens (tertiary/aromatic N) is 1. The number of hydrogen-bond acceptors (Lipinski definition) is 8. The number of aryl methyl sites for hydroxylation is 1. The highest BCUT2D eigenvalue weighted by Gasteiger charge is 2.44. The van der Waals surface area contributed by atoms with Crippen molar-refractivity contribution in [2.24, 2.45) is 0 Å². The molecule has 1 aliphatic heterocycles. The van der Waals surface area contributed by atoms with Crippen LogP contribution in [0.15, 0.2) is 10.7 Å². The molecule has 1 aliphatic rings. The molecule has 0 spiro atoms. The maximum Gasteiger partial charge on any atom is 0.257 e. The fourth-order valence-corrected chi connectivity index (χ4v) is 2.00. The second-order valence-electron chi connectivity index (χ2n) is 4.52. The molecule has 0 radical (unpaired) electrons. The quantitative estimate of drug-likeness (QED) is 0.411. The van der Waals surface area contributed by atoms with Gasteiger partial charge in [0.2, 0.25) is 0 Å². The third-order valence-corrected chi connectivity index (χ3v) is 3.19. The van der Waals surface area contributed by atoms with Crippen molar-refractivity contribution in [3.63, 3.8) is 0 Å². The van der Waals surface area contributed by atoms with E-state index < -0.39 is 43.2 Å². The molecule has 5 N–H and O–H groups in total. The Morgan fingerprint density at radius 1 is 1.40 bits per heavy atom. The van der Waals surface area contributed by atoms with Crippen LogP contribution in [0, 0.1) is 6.92 Å². The van der Waals surface area contributed by atoms with Crippen LogP contribution in [-0.4, -0.2) is 68.7 Å². The van der Waals surface area contributed by atoms with Crippen molar-refractivity contribution in [3.05, 3.63) is 17.5 Å². The SMILES string of the molecule is Cc1oncc1C(=O)N[C@H]1C(O)O[C@H](CO)[C@@H](O)[C@@H]1O. The van der Waals surface area contributed by atoms with Gasteiger partial charge < -0.3 is 35.0 Å². The number of amides is 1. The number of ether oxygens (including phenoxy) is 1. The standard InChI is InChI=1S/C11H16N2O7/c1-4-5(2-12-20-4)10(17)13-7-9(16)8(15)6(3-14)19-11(7)18/h2,6-9,11,14-16,18H,3H2,1H3,(H,13,17)/t6-,7-,8-,9-,11?/m1/s1. The zero-order valence-electron chi connectivity index (χ0n) is 10.6. The number of rotatable bonds is 3. The first-order valence-corrected chi connectivity index (χ1v) is 5.98. The van der Waals surface area contributed by atoms with Gasteiger partial charge in [0.25, 0.3) is 5.91 Å². The molecule has 0 aliphatic carbocycles. The first-order valence-electron chi connectivity index (χ1n) is 5.98. The van der Waals surface area contributed by atoms with E-state index in [1.165, 1.54) is 13.1 Å². The molecule has 9 nitrogen and oxygen atoms in total. The van der Waals surface area contributed by atoms with E-state index in [-0.39, 0.29) is 11.3 Å². The zero-order chi connectivity index (χ0) is 14.9. The summed E-state index contributed by atoms with van der Waals surface area (Å²) in [6.45, 7) is 0.962. The summed E-state index contributed by atoms with van der Waals surface area (Å²) in [5, 5.41) is 44.0. The van der Waals surface area contributed by atoms with Crippen LogP contribution in [0.2, 0.25) is 0 Å². The number of carbonyl (C=O) groups is 1. The predicted molar refractivity (Wildman–Crippen MR) is 62.5 cm³/mol. The van der Waals surface area contributed by atoms with Gasteiger partial charge in [-0.3, -0.25) is 4.79 Å². The zero-order valence-corrected chi connectivity index (χ0v) is 10.6. The van der Waals surface area contributed by atoms with Crippen LogP contribution in [0.3, 0.4) is 0 Å². The second-order valence-corrected chi connectivity index (χ2v) is 4.52. The number of carbonyl (C=O) groups excluding carboxylic acids is 1. The first-order chi connectivity index (χ1) is 9.45. The largest absolute Gasteiger partial charge is 0.394 e. The predicted octanol–water partition coefficient (Wildman–Crippen LogP) is -2.49. The van der Waals surface area contributed by atoms with Crippen molar-refractivity contribution in [2.45, 2.75) is 37.6 Å². The summed E-state index contributed by atoms with van der Waals surface area (Å²) in [7, 11) is 0. The van der Waals surface area contributed by atoms with Gasteiger partial charge in [-0.15, -0.1) is 0 Å². The van der Waals surface area contributed by atoms with Gasteiger partial charge >= 0.3 is 0 Å². The minimum Gasteiger partial charge on any atom is -0.394 e. The third kappa shape index (κ3) is 2.67. The molecular weight excluding hydrogens is 272 g/mol. The Morgan fingerprint density at radius 3 is 2.65 bits per heavy atom. The van der Waals surface area contributed by atoms with Crippen molar-refractivity contribution in [1.29, 1.82) is 0 Å². The molecular formula is C11H16N2O7. The number of hydrogen-bond donors (Lipinski definition) is 5. The van der Waals surface area contributed by atoms with E-state index in [2.05, 4.69) is 10.5 Å². The number of nitrogens with one attached hydrogen (secondary N) is 1. The molecule has 0 bridgehead atoms. The molecule has 0 saturated carbocycles. The molecule has 1 aromatic rings. The van der Waals surface area contributed by atoms with Crippen LogP contribution in [0.4, 0.5) is 0 Å². The molecule has 1 saturated heterocycles. The summed E-state index contributed by atoms with van der Waals surface area (Å²) in [4.78, 5) is 11.9. The normalized spacial score (nSPS) is 34.0. The highest BCUT2D eigenvalue weighted by Crippen LogP contribution is 2.20. The highest BCUT2D eigenvalue weighted by atomic mass is 16.6. The van der Waals surface area contributed by atoms with Gasteiger partial charge in [-0.25, -0.2) is 0 Å². The molecule has 9 heteroatoms. The summed E-state index contributed by atoms with van der Waals surface area (Å²) in [6.07, 6.45) is -4.41. The Balaban J connectivity index is 2.09. The Kier molecular flexibility index (Phi) is 4.35. The second kappa shape index (κ2) is 5.85. The maximum atomic E-state index is 11.9. The van der Waals surface area contributed by atoms with Gasteiger partial charge in [0.1, 0.15) is 35.7 Å². The van der Waals surface area contributed by atoms with Crippen molar-refractivity contribution in [3.8, 4) is 0 Å². The average Bonchev–Trinajstić information content (AvgIpc) is 2.85. The Bertz CT molecular complexity index is 477. The van der Waals surface area contributed by atoms with Crippen LogP contribution in [0.25, 0.3) is 0 Å². The fourth-order valence-electron chi connectivity index (χ4n) is 2.00. The first kappa shape index (κ1) is 14.9. The van der Waals surface area contributed by atoms with Crippen molar-refractivity contribution in [1.82, 2.24) is 10.5 Å². The van der Waals surface area contributed by atoms with Crippen LogP contribution in [-0.2, 0) is 4.74 Å². The molecule has 1 aromatic heterocycles. The lowest BCUT2D eigenvalue weighted by Crippen LogP contribution is -2.64. The monoisotopic (exact) mass is 288 g/mol. The number of aromatic nitrogens is 1. The smallest absolute Gasteiger partial charge is 0.257 e. The molecule has 0 aromatic carbocycles. The summed E-state index contributed by atoms with van der Waals surface area (Å²) in [5.74, 6) is -0.359. The minimum absolute atomic E-state index is 0.142. The minimum atomic E-state index is -1.56. The third-order valence-electron chi connectivity index (χ3n) is 3.19. The topological polar surface area (TPSA) is 145 Å². The molecule has 1 unspecified atom stereocenters. The summed E-state index contributed by atoms with van der Waals surface area (Å²) < 4.78 is 9.66. The fraction of sp³-hybridized carbons (Fsp3) is 0.636. The van der Waals surface area contributed by atoms with Crippen molar-refractivity contribution < 1.29 is 34.5 Å². The van der Waals surface area contributed by atoms with Crippen LogP contribution in [0.5, 0.6) is 0 Å². The Morgan fingerprint density at radius 2 is 2.10 bits per heavy atom. The van der Waals surface area contributed by atoms with Crippen LogP contribution >= 0.6 is 0 Å². The van der Waals surface area contributed by atoms with Crippen LogP contribution < -0.4 is 5.32 Å². The van der Waals surface area contributed by atoms with E-state index in [9.17, 15) is 20.1 Å². The van der Waals surface area contributed by atoms with Gasteiger partial charge in [0, 0.05) is 0 Å². The molecule has 5 atom stereocenters. The lowest BCUT2D eigenvalue weighted by molar-refractivity contribution is -0.252. The van der Waals surface area contributed by atoms with E-state index >= 15 is 0 Å². The molecule has 1 amide bonds. The Labute approximate surface area is 113 Å². The molecule has 2 heterocycles. The van der Waals surface area contributed by atoms with Crippen molar-refractivity contribution in [2.75, 3.05) is 6.61 Å². The van der Waals surface area contributed by atoms with E-state index in [4.69, 9.17) is 14.4 Å². The molecule has 20 heavy (non-hydrogen) atoms.